The van der Waals surface area contributed by atoms with E-state index < -0.39 is 0 Å². The Bertz CT molecular complexity index is 310. The summed E-state index contributed by atoms with van der Waals surface area (Å²) in [6, 6.07) is 0. The first-order valence-corrected chi connectivity index (χ1v) is 5.38. The van der Waals surface area contributed by atoms with E-state index in [1.807, 2.05) is 12.5 Å². The lowest BCUT2D eigenvalue weighted by Gasteiger charge is -2.28. The monoisotopic (exact) mass is 193 g/mol. The summed E-state index contributed by atoms with van der Waals surface area (Å²) in [5.74, 6) is 0.827. The molecule has 1 aromatic rings. The van der Waals surface area contributed by atoms with Crippen LogP contribution in [0.1, 0.15) is 32.4 Å². The van der Waals surface area contributed by atoms with Crippen molar-refractivity contribution < 1.29 is 0 Å². The third kappa shape index (κ3) is 1.57. The van der Waals surface area contributed by atoms with E-state index in [-0.39, 0.29) is 5.54 Å². The maximum atomic E-state index is 5.58. The highest BCUT2D eigenvalue weighted by atomic mass is 15.1. The smallest absolute Gasteiger partial charge is 0.0953 e. The van der Waals surface area contributed by atoms with Crippen LogP contribution in [0.25, 0.3) is 0 Å². The van der Waals surface area contributed by atoms with E-state index in [9.17, 15) is 0 Å². The second-order valence-corrected chi connectivity index (χ2v) is 4.72. The van der Waals surface area contributed by atoms with Gasteiger partial charge in [0, 0.05) is 23.9 Å². The summed E-state index contributed by atoms with van der Waals surface area (Å²) in [6.45, 7) is 5.30. The highest BCUT2D eigenvalue weighted by Gasteiger charge is 2.39. The molecule has 1 heterocycles. The summed E-state index contributed by atoms with van der Waals surface area (Å²) >= 11 is 0. The van der Waals surface area contributed by atoms with Crippen molar-refractivity contribution in [2.24, 2.45) is 11.7 Å². The molecule has 1 aromatic heterocycles. The standard InChI is InChI=1S/C11H19N3/c1-11(2,9-3-4-9)14-8-13-7-10(14)5-6-12/h7-9H,3-6,12H2,1-2H3. The largest absolute Gasteiger partial charge is 0.330 e. The average Bonchev–Trinajstić information content (AvgIpc) is 2.88. The summed E-state index contributed by atoms with van der Waals surface area (Å²) in [5.41, 5.74) is 7.07. The zero-order valence-electron chi connectivity index (χ0n) is 9.03. The Morgan fingerprint density at radius 2 is 2.29 bits per heavy atom. The molecular formula is C11H19N3. The highest BCUT2D eigenvalue weighted by Crippen LogP contribution is 2.44. The van der Waals surface area contributed by atoms with Gasteiger partial charge in [-0.05, 0) is 39.2 Å². The Kier molecular flexibility index (Phi) is 2.35. The van der Waals surface area contributed by atoms with Gasteiger partial charge in [0.2, 0.25) is 0 Å². The minimum Gasteiger partial charge on any atom is -0.330 e. The molecule has 0 amide bonds. The molecule has 3 heteroatoms. The van der Waals surface area contributed by atoms with E-state index in [0.29, 0.717) is 6.54 Å². The molecule has 78 valence electrons. The zero-order valence-corrected chi connectivity index (χ0v) is 9.03. The first kappa shape index (κ1) is 9.71. The van der Waals surface area contributed by atoms with Crippen molar-refractivity contribution in [3.63, 3.8) is 0 Å². The summed E-state index contributed by atoms with van der Waals surface area (Å²) in [7, 11) is 0. The van der Waals surface area contributed by atoms with Crippen LogP contribution in [0.3, 0.4) is 0 Å². The molecule has 0 aliphatic heterocycles. The molecule has 1 aliphatic rings. The van der Waals surface area contributed by atoms with Gasteiger partial charge in [0.15, 0.2) is 0 Å². The number of hydrogen-bond donors (Lipinski definition) is 1. The van der Waals surface area contributed by atoms with Crippen LogP contribution in [-0.2, 0) is 12.0 Å². The number of nitrogens with two attached hydrogens (primary N) is 1. The Hall–Kier alpha value is -0.830. The summed E-state index contributed by atoms with van der Waals surface area (Å²) < 4.78 is 2.30. The Morgan fingerprint density at radius 1 is 1.57 bits per heavy atom. The molecule has 1 aliphatic carbocycles. The minimum atomic E-state index is 0.223. The van der Waals surface area contributed by atoms with Crippen LogP contribution in [0, 0.1) is 5.92 Å². The molecular weight excluding hydrogens is 174 g/mol. The molecule has 14 heavy (non-hydrogen) atoms. The molecule has 0 bridgehead atoms. The SMILES string of the molecule is CC(C)(C1CC1)n1cncc1CCN. The quantitative estimate of drug-likeness (QED) is 0.788. The summed E-state index contributed by atoms with van der Waals surface area (Å²) in [4.78, 5) is 4.22. The number of nitrogens with zero attached hydrogens (tertiary/aromatic N) is 2. The zero-order chi connectivity index (χ0) is 10.2. The molecule has 0 atom stereocenters. The molecule has 1 fully saturated rings. The van der Waals surface area contributed by atoms with Gasteiger partial charge >= 0.3 is 0 Å². The van der Waals surface area contributed by atoms with E-state index in [2.05, 4.69) is 23.4 Å². The molecule has 0 aromatic carbocycles. The molecule has 0 saturated heterocycles. The first-order chi connectivity index (χ1) is 6.66. The van der Waals surface area contributed by atoms with Crippen LogP contribution < -0.4 is 5.73 Å². The van der Waals surface area contributed by atoms with Gasteiger partial charge in [-0.1, -0.05) is 0 Å². The normalized spacial score (nSPS) is 17.4. The van der Waals surface area contributed by atoms with E-state index in [0.717, 1.165) is 12.3 Å². The second-order valence-electron chi connectivity index (χ2n) is 4.72. The maximum absolute atomic E-state index is 5.58. The topological polar surface area (TPSA) is 43.8 Å². The summed E-state index contributed by atoms with van der Waals surface area (Å²) in [5, 5.41) is 0. The fourth-order valence-electron chi connectivity index (χ4n) is 2.16. The summed E-state index contributed by atoms with van der Waals surface area (Å²) in [6.07, 6.45) is 7.52. The van der Waals surface area contributed by atoms with Crippen LogP contribution in [0.5, 0.6) is 0 Å². The molecule has 2 rings (SSSR count). The highest BCUT2D eigenvalue weighted by molar-refractivity contribution is 5.06. The maximum Gasteiger partial charge on any atom is 0.0953 e. The van der Waals surface area contributed by atoms with E-state index in [4.69, 9.17) is 5.73 Å². The first-order valence-electron chi connectivity index (χ1n) is 5.38. The van der Waals surface area contributed by atoms with Gasteiger partial charge in [-0.25, -0.2) is 4.98 Å². The molecule has 0 radical (unpaired) electrons. The Labute approximate surface area is 85.3 Å². The van der Waals surface area contributed by atoms with E-state index in [1.165, 1.54) is 18.5 Å². The second kappa shape index (κ2) is 3.39. The van der Waals surface area contributed by atoms with Crippen molar-refractivity contribution in [2.75, 3.05) is 6.54 Å². The third-order valence-corrected chi connectivity index (χ3v) is 3.31. The molecule has 2 N–H and O–H groups in total. The average molecular weight is 193 g/mol. The van der Waals surface area contributed by atoms with Crippen molar-refractivity contribution in [1.82, 2.24) is 9.55 Å². The number of aromatic nitrogens is 2. The predicted octanol–water partition coefficient (Wildman–Crippen LogP) is 1.53. The molecule has 0 unspecified atom stereocenters. The van der Waals surface area contributed by atoms with Crippen LogP contribution >= 0.6 is 0 Å². The molecule has 1 saturated carbocycles. The van der Waals surface area contributed by atoms with Crippen molar-refractivity contribution in [3.05, 3.63) is 18.2 Å². The van der Waals surface area contributed by atoms with Crippen LogP contribution in [0.4, 0.5) is 0 Å². The Balaban J connectivity index is 2.25. The molecule has 3 nitrogen and oxygen atoms in total. The van der Waals surface area contributed by atoms with E-state index in [1.54, 1.807) is 0 Å². The Morgan fingerprint density at radius 3 is 2.86 bits per heavy atom. The van der Waals surface area contributed by atoms with Crippen molar-refractivity contribution in [2.45, 2.75) is 38.6 Å². The van der Waals surface area contributed by atoms with Crippen LogP contribution in [-0.4, -0.2) is 16.1 Å². The van der Waals surface area contributed by atoms with Gasteiger partial charge in [-0.15, -0.1) is 0 Å². The minimum absolute atomic E-state index is 0.223. The predicted molar refractivity (Wildman–Crippen MR) is 57.0 cm³/mol. The van der Waals surface area contributed by atoms with Crippen molar-refractivity contribution in [1.29, 1.82) is 0 Å². The van der Waals surface area contributed by atoms with Crippen molar-refractivity contribution in [3.8, 4) is 0 Å². The van der Waals surface area contributed by atoms with Crippen molar-refractivity contribution >= 4 is 0 Å². The fraction of sp³-hybridized carbons (Fsp3) is 0.727. The fourth-order valence-corrected chi connectivity index (χ4v) is 2.16. The lowest BCUT2D eigenvalue weighted by Crippen LogP contribution is -2.30. The van der Waals surface area contributed by atoms with E-state index >= 15 is 0 Å². The lowest BCUT2D eigenvalue weighted by atomic mass is 9.98. The third-order valence-electron chi connectivity index (χ3n) is 3.31. The lowest BCUT2D eigenvalue weighted by molar-refractivity contribution is 0.296. The number of imidazole rings is 1. The van der Waals surface area contributed by atoms with Crippen LogP contribution in [0.15, 0.2) is 12.5 Å². The van der Waals surface area contributed by atoms with Gasteiger partial charge in [0.25, 0.3) is 0 Å². The number of hydrogen-bond acceptors (Lipinski definition) is 2. The van der Waals surface area contributed by atoms with Gasteiger partial charge in [-0.2, -0.15) is 0 Å². The van der Waals surface area contributed by atoms with Gasteiger partial charge in [0.1, 0.15) is 0 Å². The number of rotatable bonds is 4. The van der Waals surface area contributed by atoms with Gasteiger partial charge in [0.05, 0.1) is 6.33 Å². The van der Waals surface area contributed by atoms with Crippen LogP contribution in [0.2, 0.25) is 0 Å². The van der Waals surface area contributed by atoms with Gasteiger partial charge in [-0.3, -0.25) is 0 Å². The molecule has 0 spiro atoms. The van der Waals surface area contributed by atoms with Gasteiger partial charge < -0.3 is 10.3 Å².